The summed E-state index contributed by atoms with van der Waals surface area (Å²) in [5.74, 6) is 0. The summed E-state index contributed by atoms with van der Waals surface area (Å²) in [6.07, 6.45) is 1.92. The van der Waals surface area contributed by atoms with Gasteiger partial charge in [0.2, 0.25) is 0 Å². The Morgan fingerprint density at radius 1 is 0.333 bits per heavy atom. The molecule has 9 aromatic rings. The Hall–Kier alpha value is -6.96. The predicted molar refractivity (Wildman–Crippen MR) is 245 cm³/mol. The minimum atomic E-state index is 0.948. The first-order valence-corrected chi connectivity index (χ1v) is 20.1. The van der Waals surface area contributed by atoms with Gasteiger partial charge >= 0.3 is 0 Å². The summed E-state index contributed by atoms with van der Waals surface area (Å²) in [7, 11) is 0. The van der Waals surface area contributed by atoms with Gasteiger partial charge in [0, 0.05) is 16.9 Å². The van der Waals surface area contributed by atoms with Crippen LogP contribution in [0.25, 0.3) is 66.4 Å². The molecule has 0 aliphatic rings. The van der Waals surface area contributed by atoms with Crippen molar-refractivity contribution in [3.05, 3.63) is 223 Å². The topological polar surface area (TPSA) is 3.24 Å². The lowest BCUT2D eigenvalue weighted by molar-refractivity contribution is 1.12. The highest BCUT2D eigenvalue weighted by molar-refractivity contribution is 6.02. The van der Waals surface area contributed by atoms with E-state index in [-0.39, 0.29) is 0 Å². The number of hydrogen-bond donors (Lipinski definition) is 0. The molecule has 0 atom stereocenters. The van der Waals surface area contributed by atoms with Gasteiger partial charge in [-0.25, -0.2) is 0 Å². The smallest absolute Gasteiger partial charge is 0.0546 e. The third-order valence-electron chi connectivity index (χ3n) is 11.3. The summed E-state index contributed by atoms with van der Waals surface area (Å²) in [6.45, 7) is 4.52. The van der Waals surface area contributed by atoms with E-state index >= 15 is 0 Å². The molecule has 1 heteroatoms. The maximum Gasteiger partial charge on any atom is 0.0546 e. The molecule has 0 radical (unpaired) electrons. The van der Waals surface area contributed by atoms with E-state index in [0.717, 1.165) is 29.9 Å². The number of aryl methyl sites for hydroxylation is 2. The van der Waals surface area contributed by atoms with E-state index < -0.39 is 0 Å². The molecule has 0 saturated heterocycles. The van der Waals surface area contributed by atoms with Crippen LogP contribution in [0, 0.1) is 0 Å². The summed E-state index contributed by atoms with van der Waals surface area (Å²) in [5, 5.41) is 2.49. The van der Waals surface area contributed by atoms with Crippen LogP contribution >= 0.6 is 0 Å². The Kier molecular flexibility index (Phi) is 10.0. The molecule has 0 fully saturated rings. The van der Waals surface area contributed by atoms with E-state index in [1.807, 2.05) is 0 Å². The van der Waals surface area contributed by atoms with Crippen LogP contribution in [0.2, 0.25) is 0 Å². The number of rotatable bonds is 10. The summed E-state index contributed by atoms with van der Waals surface area (Å²) >= 11 is 0. The van der Waals surface area contributed by atoms with Crippen molar-refractivity contribution in [2.45, 2.75) is 26.7 Å². The molecule has 0 amide bonds. The molecule has 0 aliphatic carbocycles. The van der Waals surface area contributed by atoms with Crippen molar-refractivity contribution < 1.29 is 0 Å². The summed E-state index contributed by atoms with van der Waals surface area (Å²) in [5.41, 5.74) is 18.2. The van der Waals surface area contributed by atoms with Gasteiger partial charge < -0.3 is 4.90 Å². The van der Waals surface area contributed by atoms with Crippen LogP contribution in [0.5, 0.6) is 0 Å². The minimum Gasteiger partial charge on any atom is -0.310 e. The summed E-state index contributed by atoms with van der Waals surface area (Å²) in [4.78, 5) is 2.50. The van der Waals surface area contributed by atoms with Crippen molar-refractivity contribution in [1.82, 2.24) is 0 Å². The van der Waals surface area contributed by atoms with Crippen LogP contribution in [0.4, 0.5) is 17.1 Å². The second-order valence-electron chi connectivity index (χ2n) is 14.6. The highest BCUT2D eigenvalue weighted by Crippen LogP contribution is 2.49. The fourth-order valence-electron chi connectivity index (χ4n) is 8.51. The molecule has 57 heavy (non-hydrogen) atoms. The summed E-state index contributed by atoms with van der Waals surface area (Å²) in [6, 6.07) is 77.7. The Labute approximate surface area is 337 Å². The first-order chi connectivity index (χ1) is 28.2. The van der Waals surface area contributed by atoms with Crippen molar-refractivity contribution in [2.24, 2.45) is 0 Å². The molecule has 9 rings (SSSR count). The monoisotopic (exact) mass is 731 g/mol. The standard InChI is InChI=1S/C56H45N/c1-3-40-20-11-13-29-48(40)54-39-47(37-36-41(54)4-2)57(46-28-17-27-45(38-46)51-33-18-26-43-25-12-14-30-49(43)51)55-35-19-34-52(44-23-9-6-10-24-44)56(55)53-32-16-15-31-50(53)42-21-7-5-8-22-42/h5-39H,3-4H2,1-2H3. The van der Waals surface area contributed by atoms with Gasteiger partial charge in [0.1, 0.15) is 0 Å². The van der Waals surface area contributed by atoms with E-state index in [0.29, 0.717) is 0 Å². The lowest BCUT2D eigenvalue weighted by Gasteiger charge is -2.31. The second-order valence-corrected chi connectivity index (χ2v) is 14.6. The molecule has 0 unspecified atom stereocenters. The highest BCUT2D eigenvalue weighted by atomic mass is 15.1. The van der Waals surface area contributed by atoms with Crippen molar-refractivity contribution in [3.63, 3.8) is 0 Å². The molecule has 274 valence electrons. The molecule has 0 spiro atoms. The maximum absolute atomic E-state index is 2.50. The van der Waals surface area contributed by atoms with Crippen molar-refractivity contribution in [1.29, 1.82) is 0 Å². The Balaban J connectivity index is 1.36. The molecular weight excluding hydrogens is 687 g/mol. The molecular formula is C56H45N. The number of anilines is 3. The number of hydrogen-bond acceptors (Lipinski definition) is 1. The molecule has 1 nitrogen and oxygen atoms in total. The third kappa shape index (κ3) is 6.94. The first kappa shape index (κ1) is 35.7. The molecule has 9 aromatic carbocycles. The van der Waals surface area contributed by atoms with Crippen molar-refractivity contribution >= 4 is 27.8 Å². The van der Waals surface area contributed by atoms with Crippen LogP contribution in [-0.4, -0.2) is 0 Å². The molecule has 0 aromatic heterocycles. The average molecular weight is 732 g/mol. The average Bonchev–Trinajstić information content (AvgIpc) is 3.29. The van der Waals surface area contributed by atoms with Gasteiger partial charge in [-0.05, 0) is 115 Å². The van der Waals surface area contributed by atoms with E-state index in [1.54, 1.807) is 0 Å². The minimum absolute atomic E-state index is 0.948. The number of benzene rings is 9. The Morgan fingerprint density at radius 3 is 1.63 bits per heavy atom. The molecule has 0 heterocycles. The van der Waals surface area contributed by atoms with Gasteiger partial charge in [-0.2, -0.15) is 0 Å². The van der Waals surface area contributed by atoms with Gasteiger partial charge in [-0.1, -0.05) is 196 Å². The highest BCUT2D eigenvalue weighted by Gasteiger charge is 2.24. The summed E-state index contributed by atoms with van der Waals surface area (Å²) < 4.78 is 0. The quantitative estimate of drug-likeness (QED) is 0.135. The fourth-order valence-corrected chi connectivity index (χ4v) is 8.51. The van der Waals surface area contributed by atoms with Gasteiger partial charge in [0.05, 0.1) is 5.69 Å². The maximum atomic E-state index is 2.50. The van der Waals surface area contributed by atoms with Gasteiger partial charge in [0.25, 0.3) is 0 Å². The molecule has 0 aliphatic heterocycles. The van der Waals surface area contributed by atoms with Crippen LogP contribution in [0.15, 0.2) is 212 Å². The largest absolute Gasteiger partial charge is 0.310 e. The zero-order valence-corrected chi connectivity index (χ0v) is 32.6. The van der Waals surface area contributed by atoms with E-state index in [1.165, 1.54) is 77.5 Å². The van der Waals surface area contributed by atoms with Gasteiger partial charge in [0.15, 0.2) is 0 Å². The van der Waals surface area contributed by atoms with E-state index in [2.05, 4.69) is 231 Å². The fraction of sp³-hybridized carbons (Fsp3) is 0.0714. The molecule has 0 N–H and O–H groups in total. The van der Waals surface area contributed by atoms with Gasteiger partial charge in [-0.3, -0.25) is 0 Å². The Bertz CT molecular complexity index is 2810. The van der Waals surface area contributed by atoms with Crippen LogP contribution in [-0.2, 0) is 12.8 Å². The molecule has 0 bridgehead atoms. The molecule has 0 saturated carbocycles. The SMILES string of the molecule is CCc1ccccc1-c1cc(N(c2cccc(-c3cccc4ccccc34)c2)c2cccc(-c3ccccc3)c2-c2ccccc2-c2ccccc2)ccc1CC. The van der Waals surface area contributed by atoms with Crippen LogP contribution in [0.3, 0.4) is 0 Å². The second kappa shape index (κ2) is 16.0. The van der Waals surface area contributed by atoms with Gasteiger partial charge in [-0.15, -0.1) is 0 Å². The number of fused-ring (bicyclic) bond motifs is 1. The Morgan fingerprint density at radius 2 is 0.860 bits per heavy atom. The normalized spacial score (nSPS) is 11.1. The van der Waals surface area contributed by atoms with Crippen LogP contribution in [0.1, 0.15) is 25.0 Å². The van der Waals surface area contributed by atoms with Crippen LogP contribution < -0.4 is 4.90 Å². The lowest BCUT2D eigenvalue weighted by Crippen LogP contribution is -2.13. The third-order valence-corrected chi connectivity index (χ3v) is 11.3. The number of nitrogens with zero attached hydrogens (tertiary/aromatic N) is 1. The van der Waals surface area contributed by atoms with E-state index in [9.17, 15) is 0 Å². The zero-order chi connectivity index (χ0) is 38.6. The first-order valence-electron chi connectivity index (χ1n) is 20.1. The van der Waals surface area contributed by atoms with E-state index in [4.69, 9.17) is 0 Å². The lowest BCUT2D eigenvalue weighted by atomic mass is 9.87. The predicted octanol–water partition coefficient (Wildman–Crippen LogP) is 15.8. The zero-order valence-electron chi connectivity index (χ0n) is 32.6. The van der Waals surface area contributed by atoms with Crippen molar-refractivity contribution in [2.75, 3.05) is 4.90 Å². The van der Waals surface area contributed by atoms with Crippen molar-refractivity contribution in [3.8, 4) is 55.6 Å².